The summed E-state index contributed by atoms with van der Waals surface area (Å²) in [5.74, 6) is 2.62. The summed E-state index contributed by atoms with van der Waals surface area (Å²) in [7, 11) is 0. The van der Waals surface area contributed by atoms with Crippen LogP contribution < -0.4 is 4.90 Å². The first-order valence-electron chi connectivity index (χ1n) is 12.7. The van der Waals surface area contributed by atoms with Crippen molar-refractivity contribution in [2.45, 2.75) is 39.2 Å². The molecule has 35 heavy (non-hydrogen) atoms. The van der Waals surface area contributed by atoms with Crippen molar-refractivity contribution in [3.05, 3.63) is 87.8 Å². The van der Waals surface area contributed by atoms with Crippen LogP contribution in [0.25, 0.3) is 10.2 Å². The zero-order valence-corrected chi connectivity index (χ0v) is 21.0. The van der Waals surface area contributed by atoms with Crippen molar-refractivity contribution in [1.29, 1.82) is 0 Å². The Kier molecular flexibility index (Phi) is 6.25. The summed E-state index contributed by atoms with van der Waals surface area (Å²) in [5, 5.41) is 1.31. The van der Waals surface area contributed by atoms with Crippen LogP contribution in [0.4, 0.5) is 10.2 Å². The van der Waals surface area contributed by atoms with Gasteiger partial charge in [0.2, 0.25) is 0 Å². The highest BCUT2D eigenvalue weighted by Crippen LogP contribution is 2.41. The highest BCUT2D eigenvalue weighted by Gasteiger charge is 2.27. The van der Waals surface area contributed by atoms with Gasteiger partial charge in [0.25, 0.3) is 0 Å². The van der Waals surface area contributed by atoms with Crippen molar-refractivity contribution in [3.8, 4) is 0 Å². The van der Waals surface area contributed by atoms with Crippen LogP contribution in [-0.2, 0) is 25.8 Å². The number of hydrogen-bond acceptors (Lipinski definition) is 5. The van der Waals surface area contributed by atoms with Crippen molar-refractivity contribution in [3.63, 3.8) is 0 Å². The van der Waals surface area contributed by atoms with Crippen molar-refractivity contribution in [2.75, 3.05) is 31.1 Å². The van der Waals surface area contributed by atoms with E-state index in [1.807, 2.05) is 23.5 Å². The van der Waals surface area contributed by atoms with Gasteiger partial charge in [-0.1, -0.05) is 49.4 Å². The van der Waals surface area contributed by atoms with E-state index < -0.39 is 0 Å². The minimum atomic E-state index is -0.175. The van der Waals surface area contributed by atoms with E-state index in [1.165, 1.54) is 27.8 Å². The molecule has 1 saturated heterocycles. The van der Waals surface area contributed by atoms with E-state index in [1.54, 1.807) is 12.1 Å². The molecule has 4 nitrogen and oxygen atoms in total. The summed E-state index contributed by atoms with van der Waals surface area (Å²) in [6, 6.07) is 17.4. The third-order valence-corrected chi connectivity index (χ3v) is 8.53. The molecule has 0 radical (unpaired) electrons. The number of halogens is 1. The monoisotopic (exact) mass is 486 g/mol. The second-order valence-corrected chi connectivity index (χ2v) is 11.1. The summed E-state index contributed by atoms with van der Waals surface area (Å²) in [6.45, 7) is 7.05. The molecule has 1 aliphatic carbocycles. The fraction of sp³-hybridized carbons (Fsp3) is 0.379. The zero-order chi connectivity index (χ0) is 23.8. The number of benzene rings is 2. The molecule has 0 bridgehead atoms. The molecule has 6 heteroatoms. The number of fused-ring (bicyclic) bond motifs is 3. The molecule has 1 aliphatic heterocycles. The molecule has 3 heterocycles. The molecule has 4 aromatic rings. The number of thiophene rings is 1. The predicted molar refractivity (Wildman–Crippen MR) is 142 cm³/mol. The van der Waals surface area contributed by atoms with E-state index in [2.05, 4.69) is 47.1 Å². The lowest BCUT2D eigenvalue weighted by Crippen LogP contribution is -2.46. The van der Waals surface area contributed by atoms with Crippen LogP contribution in [0.3, 0.4) is 0 Å². The molecule has 0 unspecified atom stereocenters. The summed E-state index contributed by atoms with van der Waals surface area (Å²) < 4.78 is 13.3. The van der Waals surface area contributed by atoms with Gasteiger partial charge in [-0.2, -0.15) is 0 Å². The fourth-order valence-electron chi connectivity index (χ4n) is 5.42. The summed E-state index contributed by atoms with van der Waals surface area (Å²) in [4.78, 5) is 17.9. The molecule has 0 amide bonds. The Balaban J connectivity index is 1.29. The normalized spacial score (nSPS) is 18.7. The van der Waals surface area contributed by atoms with Gasteiger partial charge in [0.15, 0.2) is 0 Å². The summed E-state index contributed by atoms with van der Waals surface area (Å²) >= 11 is 1.89. The number of piperazine rings is 1. The maximum atomic E-state index is 13.3. The Bertz CT molecular complexity index is 1310. The molecule has 1 fully saturated rings. The number of aromatic nitrogens is 2. The van der Waals surface area contributed by atoms with Crippen molar-refractivity contribution in [2.24, 2.45) is 5.92 Å². The average molecular weight is 487 g/mol. The first kappa shape index (κ1) is 22.6. The molecule has 6 rings (SSSR count). The molecule has 180 valence electrons. The Morgan fingerprint density at radius 1 is 0.943 bits per heavy atom. The SMILES string of the molecule is C[C@@H]1CCc2c(sc3nc(Cc4ccccc4)nc(N4CCN(Cc5ccc(F)cc5)CC4)c23)C1. The largest absolute Gasteiger partial charge is 0.353 e. The van der Waals surface area contributed by atoms with E-state index in [0.717, 1.165) is 79.9 Å². The van der Waals surface area contributed by atoms with Crippen LogP contribution in [0.15, 0.2) is 54.6 Å². The lowest BCUT2D eigenvalue weighted by molar-refractivity contribution is 0.249. The number of nitrogens with zero attached hydrogens (tertiary/aromatic N) is 4. The summed E-state index contributed by atoms with van der Waals surface area (Å²) in [6.07, 6.45) is 4.30. The maximum Gasteiger partial charge on any atom is 0.141 e. The van der Waals surface area contributed by atoms with Gasteiger partial charge in [-0.15, -0.1) is 11.3 Å². The third-order valence-electron chi connectivity index (χ3n) is 7.38. The van der Waals surface area contributed by atoms with Gasteiger partial charge in [-0.05, 0) is 54.0 Å². The molecule has 2 aliphatic rings. The highest BCUT2D eigenvalue weighted by molar-refractivity contribution is 7.19. The smallest absolute Gasteiger partial charge is 0.141 e. The van der Waals surface area contributed by atoms with Gasteiger partial charge >= 0.3 is 0 Å². The molecule has 0 N–H and O–H groups in total. The van der Waals surface area contributed by atoms with Gasteiger partial charge in [-0.25, -0.2) is 14.4 Å². The second-order valence-electron chi connectivity index (χ2n) is 10.0. The van der Waals surface area contributed by atoms with Crippen LogP contribution >= 0.6 is 11.3 Å². The standard InChI is InChI=1S/C29H31FN4S/c1-20-7-12-24-25(17-20)35-29-27(24)28(31-26(32-29)18-21-5-3-2-4-6-21)34-15-13-33(14-16-34)19-22-8-10-23(30)11-9-22/h2-6,8-11,20H,7,12-19H2,1H3/t20-/m1/s1. The van der Waals surface area contributed by atoms with Crippen LogP contribution in [0.1, 0.15) is 40.7 Å². The van der Waals surface area contributed by atoms with Crippen molar-refractivity contribution >= 4 is 27.4 Å². The van der Waals surface area contributed by atoms with Crippen LogP contribution in [0.5, 0.6) is 0 Å². The minimum absolute atomic E-state index is 0.175. The summed E-state index contributed by atoms with van der Waals surface area (Å²) in [5.41, 5.74) is 3.91. The molecular formula is C29H31FN4S. The van der Waals surface area contributed by atoms with E-state index >= 15 is 0 Å². The molecule has 1 atom stereocenters. The van der Waals surface area contributed by atoms with E-state index in [0.29, 0.717) is 0 Å². The second kappa shape index (κ2) is 9.67. The van der Waals surface area contributed by atoms with Crippen LogP contribution in [0, 0.1) is 11.7 Å². The molecule has 2 aromatic carbocycles. The van der Waals surface area contributed by atoms with Crippen molar-refractivity contribution < 1.29 is 4.39 Å². The maximum absolute atomic E-state index is 13.3. The van der Waals surface area contributed by atoms with Crippen molar-refractivity contribution in [1.82, 2.24) is 14.9 Å². The topological polar surface area (TPSA) is 32.3 Å². The minimum Gasteiger partial charge on any atom is -0.353 e. The molecule has 0 saturated carbocycles. The predicted octanol–water partition coefficient (Wildman–Crippen LogP) is 5.87. The Morgan fingerprint density at radius 3 is 2.49 bits per heavy atom. The molecule has 0 spiro atoms. The van der Waals surface area contributed by atoms with Gasteiger partial charge < -0.3 is 4.90 Å². The van der Waals surface area contributed by atoms with Crippen LogP contribution in [0.2, 0.25) is 0 Å². The fourth-order valence-corrected chi connectivity index (χ4v) is 6.81. The number of aryl methyl sites for hydroxylation is 1. The van der Waals surface area contributed by atoms with E-state index in [-0.39, 0.29) is 5.82 Å². The first-order chi connectivity index (χ1) is 17.1. The third kappa shape index (κ3) is 4.82. The Hall–Kier alpha value is -2.83. The van der Waals surface area contributed by atoms with Gasteiger partial charge in [0, 0.05) is 44.0 Å². The van der Waals surface area contributed by atoms with Gasteiger partial charge in [-0.3, -0.25) is 4.90 Å². The number of rotatable bonds is 5. The molecule has 2 aromatic heterocycles. The van der Waals surface area contributed by atoms with E-state index in [4.69, 9.17) is 9.97 Å². The highest BCUT2D eigenvalue weighted by atomic mass is 32.1. The lowest BCUT2D eigenvalue weighted by Gasteiger charge is -2.36. The van der Waals surface area contributed by atoms with Gasteiger partial charge in [0.1, 0.15) is 22.3 Å². The van der Waals surface area contributed by atoms with Crippen LogP contribution in [-0.4, -0.2) is 41.0 Å². The van der Waals surface area contributed by atoms with E-state index in [9.17, 15) is 4.39 Å². The molecular weight excluding hydrogens is 455 g/mol. The Morgan fingerprint density at radius 2 is 1.71 bits per heavy atom. The van der Waals surface area contributed by atoms with Gasteiger partial charge in [0.05, 0.1) is 5.39 Å². The zero-order valence-electron chi connectivity index (χ0n) is 20.2. The first-order valence-corrected chi connectivity index (χ1v) is 13.5. The Labute approximate surface area is 210 Å². The number of anilines is 1. The average Bonchev–Trinajstić information content (AvgIpc) is 3.23. The number of hydrogen-bond donors (Lipinski definition) is 0. The lowest BCUT2D eigenvalue weighted by atomic mass is 9.89. The quantitative estimate of drug-likeness (QED) is 0.353.